The van der Waals surface area contributed by atoms with Crippen LogP contribution in [0.1, 0.15) is 27.0 Å². The van der Waals surface area contributed by atoms with Gasteiger partial charge in [0.15, 0.2) is 0 Å². The second kappa shape index (κ2) is 9.89. The normalized spacial score (nSPS) is 12.6. The van der Waals surface area contributed by atoms with Crippen molar-refractivity contribution < 1.29 is 14.3 Å². The van der Waals surface area contributed by atoms with Gasteiger partial charge in [0.1, 0.15) is 29.3 Å². The molecule has 3 aromatic carbocycles. The number of carbonyl (C=O) groups excluding carboxylic acids is 1. The number of fused-ring (bicyclic) bond motifs is 2. The number of nitrogens with one attached hydrogen (secondary N) is 1. The van der Waals surface area contributed by atoms with Crippen molar-refractivity contribution in [2.75, 3.05) is 19.5 Å². The van der Waals surface area contributed by atoms with Crippen molar-refractivity contribution >= 4 is 22.8 Å². The number of hydrogen-bond donors (Lipinski definition) is 1. The Morgan fingerprint density at radius 3 is 2.29 bits per heavy atom. The highest BCUT2D eigenvalue weighted by Crippen LogP contribution is 2.30. The fourth-order valence-electron chi connectivity index (χ4n) is 4.83. The summed E-state index contributed by atoms with van der Waals surface area (Å²) in [6.45, 7) is 1.75. The van der Waals surface area contributed by atoms with E-state index >= 15 is 0 Å². The highest BCUT2D eigenvalue weighted by molar-refractivity contribution is 5.98. The molecular formula is C30H27N5O3. The first-order valence-electron chi connectivity index (χ1n) is 12.4. The van der Waals surface area contributed by atoms with Gasteiger partial charge in [0.2, 0.25) is 0 Å². The Kier molecular flexibility index (Phi) is 6.13. The molecule has 1 aliphatic heterocycles. The molecule has 1 N–H and O–H groups in total. The number of amides is 1. The molecule has 0 bridgehead atoms. The lowest BCUT2D eigenvalue weighted by atomic mass is 10.1. The summed E-state index contributed by atoms with van der Waals surface area (Å²) < 4.78 is 12.5. The lowest BCUT2D eigenvalue weighted by Gasteiger charge is -2.15. The standard InChI is InChI=1S/C30H27N5O3/c1-37-24-8-3-20(4-9-24)16-31-28-27-13-14-35(29(27)33-19-32-28)23-7-12-26-22(15-23)18-34(30(26)36)17-21-5-10-25(38-2)11-6-21/h3-15,19H,16-18H2,1-2H3,(H,31,32,33). The van der Waals surface area contributed by atoms with Crippen LogP contribution in [-0.2, 0) is 19.6 Å². The summed E-state index contributed by atoms with van der Waals surface area (Å²) in [5.41, 5.74) is 5.70. The van der Waals surface area contributed by atoms with Crippen molar-refractivity contribution in [2.24, 2.45) is 0 Å². The number of ether oxygens (including phenoxy) is 2. The summed E-state index contributed by atoms with van der Waals surface area (Å²) in [6.07, 6.45) is 3.56. The fourth-order valence-corrected chi connectivity index (χ4v) is 4.83. The van der Waals surface area contributed by atoms with E-state index in [1.807, 2.05) is 82.4 Å². The van der Waals surface area contributed by atoms with Crippen molar-refractivity contribution in [2.45, 2.75) is 19.6 Å². The molecule has 0 radical (unpaired) electrons. The molecule has 0 aliphatic carbocycles. The van der Waals surface area contributed by atoms with Crippen LogP contribution in [0.3, 0.4) is 0 Å². The first kappa shape index (κ1) is 23.5. The van der Waals surface area contributed by atoms with Crippen LogP contribution in [0, 0.1) is 0 Å². The van der Waals surface area contributed by atoms with Crippen molar-refractivity contribution in [1.82, 2.24) is 19.4 Å². The molecule has 1 aliphatic rings. The molecule has 0 saturated heterocycles. The maximum Gasteiger partial charge on any atom is 0.254 e. The number of hydrogen-bond acceptors (Lipinski definition) is 6. The lowest BCUT2D eigenvalue weighted by Crippen LogP contribution is -2.23. The molecule has 0 saturated carbocycles. The van der Waals surface area contributed by atoms with E-state index in [0.717, 1.165) is 56.3 Å². The molecule has 190 valence electrons. The molecule has 6 rings (SSSR count). The number of nitrogens with zero attached hydrogens (tertiary/aromatic N) is 4. The van der Waals surface area contributed by atoms with Gasteiger partial charge in [0.05, 0.1) is 19.6 Å². The van der Waals surface area contributed by atoms with Crippen LogP contribution < -0.4 is 14.8 Å². The fraction of sp³-hybridized carbons (Fsp3) is 0.167. The Morgan fingerprint density at radius 1 is 0.868 bits per heavy atom. The smallest absolute Gasteiger partial charge is 0.254 e. The van der Waals surface area contributed by atoms with Crippen molar-refractivity contribution in [3.05, 3.63) is 108 Å². The maximum atomic E-state index is 13.1. The van der Waals surface area contributed by atoms with Crippen molar-refractivity contribution in [3.8, 4) is 17.2 Å². The molecule has 8 nitrogen and oxygen atoms in total. The third-order valence-electron chi connectivity index (χ3n) is 6.88. The van der Waals surface area contributed by atoms with Gasteiger partial charge < -0.3 is 24.3 Å². The van der Waals surface area contributed by atoms with Gasteiger partial charge in [-0.3, -0.25) is 4.79 Å². The summed E-state index contributed by atoms with van der Waals surface area (Å²) in [5, 5.41) is 4.35. The van der Waals surface area contributed by atoms with Gasteiger partial charge >= 0.3 is 0 Å². The van der Waals surface area contributed by atoms with Gasteiger partial charge in [-0.1, -0.05) is 24.3 Å². The van der Waals surface area contributed by atoms with Crippen LogP contribution in [0.4, 0.5) is 5.82 Å². The van der Waals surface area contributed by atoms with Crippen LogP contribution in [0.15, 0.2) is 85.3 Å². The van der Waals surface area contributed by atoms with Gasteiger partial charge in [-0.2, -0.15) is 0 Å². The van der Waals surface area contributed by atoms with E-state index in [1.54, 1.807) is 20.5 Å². The summed E-state index contributed by atoms with van der Waals surface area (Å²) in [6, 6.07) is 23.7. The Labute approximate surface area is 220 Å². The molecule has 8 heteroatoms. The van der Waals surface area contributed by atoms with Gasteiger partial charge in [-0.15, -0.1) is 0 Å². The molecule has 1 amide bonds. The van der Waals surface area contributed by atoms with E-state index in [1.165, 1.54) is 0 Å². The topological polar surface area (TPSA) is 81.5 Å². The number of methoxy groups -OCH3 is 2. The van der Waals surface area contributed by atoms with Gasteiger partial charge in [-0.05, 0) is 65.2 Å². The SMILES string of the molecule is COc1ccc(CNc2ncnc3c2ccn3-c2ccc3c(c2)CN(Cc2ccc(OC)cc2)C3=O)cc1. The van der Waals surface area contributed by atoms with Crippen molar-refractivity contribution in [3.63, 3.8) is 0 Å². The van der Waals surface area contributed by atoms with E-state index in [9.17, 15) is 4.79 Å². The summed E-state index contributed by atoms with van der Waals surface area (Å²) >= 11 is 0. The average Bonchev–Trinajstić information content (AvgIpc) is 3.53. The van der Waals surface area contributed by atoms with Crippen LogP contribution in [0.25, 0.3) is 16.7 Å². The molecule has 0 atom stereocenters. The van der Waals surface area contributed by atoms with E-state index in [-0.39, 0.29) is 5.91 Å². The average molecular weight is 506 g/mol. The minimum absolute atomic E-state index is 0.0482. The minimum atomic E-state index is 0.0482. The Morgan fingerprint density at radius 2 is 1.58 bits per heavy atom. The second-order valence-electron chi connectivity index (χ2n) is 9.20. The molecule has 3 heterocycles. The predicted octanol–water partition coefficient (Wildman–Crippen LogP) is 5.21. The zero-order valence-electron chi connectivity index (χ0n) is 21.2. The molecular weight excluding hydrogens is 478 g/mol. The van der Waals surface area contributed by atoms with E-state index in [0.29, 0.717) is 19.6 Å². The van der Waals surface area contributed by atoms with E-state index < -0.39 is 0 Å². The predicted molar refractivity (Wildman–Crippen MR) is 146 cm³/mol. The van der Waals surface area contributed by atoms with Gasteiger partial charge in [0.25, 0.3) is 5.91 Å². The van der Waals surface area contributed by atoms with Crippen LogP contribution in [0.5, 0.6) is 11.5 Å². The third-order valence-corrected chi connectivity index (χ3v) is 6.88. The zero-order valence-corrected chi connectivity index (χ0v) is 21.2. The quantitative estimate of drug-likeness (QED) is 0.312. The van der Waals surface area contributed by atoms with Crippen LogP contribution >= 0.6 is 0 Å². The summed E-state index contributed by atoms with van der Waals surface area (Å²) in [4.78, 5) is 24.0. The zero-order chi connectivity index (χ0) is 26.1. The Bertz CT molecular complexity index is 1610. The van der Waals surface area contributed by atoms with E-state index in [2.05, 4.69) is 21.4 Å². The lowest BCUT2D eigenvalue weighted by molar-refractivity contribution is 0.0766. The molecule has 0 unspecified atom stereocenters. The first-order chi connectivity index (χ1) is 18.6. The number of benzene rings is 3. The van der Waals surface area contributed by atoms with E-state index in [4.69, 9.17) is 9.47 Å². The summed E-state index contributed by atoms with van der Waals surface area (Å²) in [7, 11) is 3.31. The van der Waals surface area contributed by atoms with Crippen LogP contribution in [0.2, 0.25) is 0 Å². The molecule has 2 aromatic heterocycles. The monoisotopic (exact) mass is 505 g/mol. The Balaban J connectivity index is 1.21. The van der Waals surface area contributed by atoms with Crippen LogP contribution in [-0.4, -0.2) is 39.6 Å². The number of carbonyl (C=O) groups is 1. The molecule has 38 heavy (non-hydrogen) atoms. The van der Waals surface area contributed by atoms with Gasteiger partial charge in [0, 0.05) is 37.1 Å². The van der Waals surface area contributed by atoms with Crippen molar-refractivity contribution in [1.29, 1.82) is 0 Å². The summed E-state index contributed by atoms with van der Waals surface area (Å²) in [5.74, 6) is 2.45. The Hall–Kier alpha value is -4.85. The highest BCUT2D eigenvalue weighted by Gasteiger charge is 2.27. The minimum Gasteiger partial charge on any atom is -0.497 e. The molecule has 5 aromatic rings. The third kappa shape index (κ3) is 4.41. The molecule has 0 spiro atoms. The number of anilines is 1. The second-order valence-corrected chi connectivity index (χ2v) is 9.20. The number of rotatable bonds is 8. The first-order valence-corrected chi connectivity index (χ1v) is 12.4. The highest BCUT2D eigenvalue weighted by atomic mass is 16.5. The van der Waals surface area contributed by atoms with Gasteiger partial charge in [-0.25, -0.2) is 9.97 Å². The molecule has 0 fully saturated rings. The largest absolute Gasteiger partial charge is 0.497 e. The maximum absolute atomic E-state index is 13.1. The number of aromatic nitrogens is 3.